The zero-order chi connectivity index (χ0) is 41.4. The number of fused-ring (bicyclic) bond motifs is 1. The van der Waals surface area contributed by atoms with Crippen LogP contribution in [-0.4, -0.2) is 53.0 Å². The normalized spacial score (nSPS) is 21.6. The average molecular weight is 801 g/mol. The Labute approximate surface area is 337 Å². The van der Waals surface area contributed by atoms with Gasteiger partial charge in [-0.05, 0) is 101 Å². The largest absolute Gasteiger partial charge is 0.370 e. The molecule has 4 amide bonds. The molecule has 1 saturated carbocycles. The van der Waals surface area contributed by atoms with Crippen molar-refractivity contribution in [3.05, 3.63) is 95.6 Å². The van der Waals surface area contributed by atoms with Gasteiger partial charge in [-0.15, -0.1) is 0 Å². The molecule has 1 aliphatic heterocycles. The third kappa shape index (κ3) is 12.8. The van der Waals surface area contributed by atoms with Gasteiger partial charge in [0.25, 0.3) is 0 Å². The standard InChI is InChI=1S/C45H61N4O7P/c1-43(2,3)55-57(54,56-44(4,5)6)30-31-20-22-33(23-21-31)35-17-12-14-32(26-36-18-13-16-34-15-8-9-19-37(34)36)29-47-41(52)38(28-39(46)50)48-42(53)45(49-40(51)27-35)24-10-7-11-25-45/h8-9,12-13,15-23,32,35,38H,7,10-11,14,24-30H2,1-6H3,(H2,46,50)(H,47,52)(H,48,53)(H,49,51)/t32-,35-,38-/m0/s1. The zero-order valence-electron chi connectivity index (χ0n) is 34.4. The van der Waals surface area contributed by atoms with Crippen LogP contribution < -0.4 is 21.7 Å². The first-order valence-electron chi connectivity index (χ1n) is 20.2. The molecule has 11 nitrogen and oxygen atoms in total. The molecule has 3 aromatic rings. The van der Waals surface area contributed by atoms with E-state index in [2.05, 4.69) is 46.3 Å². The van der Waals surface area contributed by atoms with Gasteiger partial charge in [0, 0.05) is 18.9 Å². The van der Waals surface area contributed by atoms with Gasteiger partial charge in [-0.3, -0.25) is 23.7 Å². The molecule has 1 spiro atoms. The molecule has 0 aromatic heterocycles. The van der Waals surface area contributed by atoms with Gasteiger partial charge in [-0.1, -0.05) is 98.1 Å². The Morgan fingerprint density at radius 3 is 2.18 bits per heavy atom. The summed E-state index contributed by atoms with van der Waals surface area (Å²) < 4.78 is 26.1. The third-order valence-corrected chi connectivity index (χ3v) is 12.8. The molecule has 5 N–H and O–H groups in total. The van der Waals surface area contributed by atoms with E-state index in [9.17, 15) is 23.7 Å². The highest BCUT2D eigenvalue weighted by Crippen LogP contribution is 2.57. The lowest BCUT2D eigenvalue weighted by Crippen LogP contribution is -2.63. The lowest BCUT2D eigenvalue weighted by Gasteiger charge is -2.38. The van der Waals surface area contributed by atoms with Crippen LogP contribution in [0.4, 0.5) is 0 Å². The molecule has 308 valence electrons. The van der Waals surface area contributed by atoms with Crippen LogP contribution in [0.3, 0.4) is 0 Å². The third-order valence-electron chi connectivity index (χ3n) is 10.4. The highest BCUT2D eigenvalue weighted by molar-refractivity contribution is 7.53. The van der Waals surface area contributed by atoms with Crippen LogP contribution in [0.1, 0.15) is 116 Å². The van der Waals surface area contributed by atoms with Crippen molar-refractivity contribution in [1.82, 2.24) is 16.0 Å². The molecule has 0 saturated heterocycles. The van der Waals surface area contributed by atoms with Gasteiger partial charge in [0.2, 0.25) is 23.6 Å². The first-order chi connectivity index (χ1) is 26.8. The molecule has 1 fully saturated rings. The number of amides is 4. The van der Waals surface area contributed by atoms with E-state index in [1.165, 1.54) is 0 Å². The zero-order valence-corrected chi connectivity index (χ0v) is 35.3. The summed E-state index contributed by atoms with van der Waals surface area (Å²) in [6.45, 7) is 11.4. The lowest BCUT2D eigenvalue weighted by molar-refractivity contribution is -0.138. The summed E-state index contributed by atoms with van der Waals surface area (Å²) in [5, 5.41) is 11.2. The van der Waals surface area contributed by atoms with E-state index in [1.54, 1.807) is 0 Å². The number of benzene rings is 3. The van der Waals surface area contributed by atoms with Crippen LogP contribution in [0.2, 0.25) is 0 Å². The molecule has 2 aliphatic rings. The monoisotopic (exact) mass is 800 g/mol. The molecule has 12 heteroatoms. The second-order valence-corrected chi connectivity index (χ2v) is 19.6. The molecule has 3 atom stereocenters. The van der Waals surface area contributed by atoms with Crippen molar-refractivity contribution in [1.29, 1.82) is 0 Å². The topological polar surface area (TPSA) is 166 Å². The van der Waals surface area contributed by atoms with Gasteiger partial charge in [0.15, 0.2) is 0 Å². The van der Waals surface area contributed by atoms with Gasteiger partial charge in [0.1, 0.15) is 11.6 Å². The van der Waals surface area contributed by atoms with Crippen LogP contribution in [-0.2, 0) is 45.4 Å². The van der Waals surface area contributed by atoms with Crippen molar-refractivity contribution in [3.8, 4) is 0 Å². The summed E-state index contributed by atoms with van der Waals surface area (Å²) in [5.41, 5.74) is 5.74. The van der Waals surface area contributed by atoms with Crippen LogP contribution in [0, 0.1) is 5.92 Å². The van der Waals surface area contributed by atoms with E-state index >= 15 is 0 Å². The van der Waals surface area contributed by atoms with Crippen LogP contribution in [0.5, 0.6) is 0 Å². The van der Waals surface area contributed by atoms with Gasteiger partial charge >= 0.3 is 7.60 Å². The van der Waals surface area contributed by atoms with Crippen LogP contribution in [0.15, 0.2) is 78.9 Å². The summed E-state index contributed by atoms with van der Waals surface area (Å²) in [6, 6.07) is 20.9. The van der Waals surface area contributed by atoms with Crippen molar-refractivity contribution in [3.63, 3.8) is 0 Å². The molecule has 57 heavy (non-hydrogen) atoms. The maximum Gasteiger partial charge on any atom is 0.336 e. The van der Waals surface area contributed by atoms with Gasteiger partial charge < -0.3 is 30.7 Å². The first kappa shape index (κ1) is 43.8. The fourth-order valence-electron chi connectivity index (χ4n) is 7.92. The Balaban J connectivity index is 1.48. The molecular weight excluding hydrogens is 739 g/mol. The Morgan fingerprint density at radius 1 is 0.877 bits per heavy atom. The number of carbonyl (C=O) groups is 4. The van der Waals surface area contributed by atoms with E-state index in [4.69, 9.17) is 14.8 Å². The van der Waals surface area contributed by atoms with Crippen molar-refractivity contribution in [2.45, 2.75) is 134 Å². The predicted molar refractivity (Wildman–Crippen MR) is 224 cm³/mol. The predicted octanol–water partition coefficient (Wildman–Crippen LogP) is 7.75. The number of carbonyl (C=O) groups excluding carboxylic acids is 4. The first-order valence-corrected chi connectivity index (χ1v) is 22.0. The molecule has 5 rings (SSSR count). The Morgan fingerprint density at radius 2 is 1.53 bits per heavy atom. The average Bonchev–Trinajstić information content (AvgIpc) is 3.11. The number of primary amides is 1. The van der Waals surface area contributed by atoms with Gasteiger partial charge in [-0.25, -0.2) is 0 Å². The molecule has 1 heterocycles. The Hall–Kier alpha value is -4.31. The van der Waals surface area contributed by atoms with Crippen molar-refractivity contribution in [2.75, 3.05) is 6.54 Å². The highest BCUT2D eigenvalue weighted by atomic mass is 31.2. The Bertz CT molecular complexity index is 1950. The van der Waals surface area contributed by atoms with Crippen molar-refractivity contribution < 1.29 is 32.8 Å². The van der Waals surface area contributed by atoms with E-state index in [0.717, 1.165) is 46.7 Å². The molecule has 0 unspecified atom stereocenters. The fourth-order valence-corrected chi connectivity index (χ4v) is 10.4. The summed E-state index contributed by atoms with van der Waals surface area (Å²) in [4.78, 5) is 54.0. The van der Waals surface area contributed by atoms with E-state index in [0.29, 0.717) is 25.7 Å². The summed E-state index contributed by atoms with van der Waals surface area (Å²) in [7, 11) is -3.55. The number of hydrogen-bond acceptors (Lipinski definition) is 7. The SMILES string of the molecule is CC(C)(C)OP(=O)(Cc1ccc([C@H]2C=CC[C@@H](Cc3cccc4ccccc34)CNC(=O)[C@H](CC(N)=O)NC(=O)C3(CCCCC3)NC(=O)C2)cc1)OC(C)(C)C. The number of nitrogens with two attached hydrogens (primary N) is 1. The van der Waals surface area contributed by atoms with Gasteiger partial charge in [-0.2, -0.15) is 0 Å². The van der Waals surface area contributed by atoms with Gasteiger partial charge in [0.05, 0.1) is 23.8 Å². The van der Waals surface area contributed by atoms with Crippen molar-refractivity contribution in [2.24, 2.45) is 11.7 Å². The molecule has 0 bridgehead atoms. The second kappa shape index (κ2) is 18.5. The van der Waals surface area contributed by atoms with Crippen LogP contribution in [0.25, 0.3) is 10.8 Å². The highest BCUT2D eigenvalue weighted by Gasteiger charge is 2.43. The summed E-state index contributed by atoms with van der Waals surface area (Å²) in [5.74, 6) is -2.42. The fraction of sp³-hybridized carbons (Fsp3) is 0.511. The quantitative estimate of drug-likeness (QED) is 0.127. The van der Waals surface area contributed by atoms with Crippen molar-refractivity contribution >= 4 is 42.0 Å². The van der Waals surface area contributed by atoms with E-state index < -0.39 is 48.1 Å². The second-order valence-electron chi connectivity index (χ2n) is 17.7. The van der Waals surface area contributed by atoms with E-state index in [1.807, 2.05) is 90.1 Å². The minimum absolute atomic E-state index is 0.0626. The minimum atomic E-state index is -3.55. The van der Waals surface area contributed by atoms with E-state index in [-0.39, 0.29) is 43.3 Å². The number of rotatable bonds is 9. The van der Waals surface area contributed by atoms with Crippen LogP contribution >= 0.6 is 7.60 Å². The molecule has 0 radical (unpaired) electrons. The lowest BCUT2D eigenvalue weighted by atomic mass is 9.80. The number of hydrogen-bond donors (Lipinski definition) is 4. The number of allylic oxidation sites excluding steroid dienone is 2. The Kier molecular flexibility index (Phi) is 14.2. The smallest absolute Gasteiger partial charge is 0.336 e. The maximum absolute atomic E-state index is 14.1. The number of nitrogens with one attached hydrogen (secondary N) is 3. The molecule has 1 aliphatic carbocycles. The summed E-state index contributed by atoms with van der Waals surface area (Å²) in [6.07, 6.45) is 8.29. The molecule has 3 aromatic carbocycles. The molecular formula is C45H61N4O7P. The summed E-state index contributed by atoms with van der Waals surface area (Å²) >= 11 is 0. The maximum atomic E-state index is 14.1. The minimum Gasteiger partial charge on any atom is -0.370 e.